The first-order chi connectivity index (χ1) is 3.89. The van der Waals surface area contributed by atoms with Gasteiger partial charge in [-0.2, -0.15) is 8.42 Å². The molecule has 0 bridgehead atoms. The van der Waals surface area contributed by atoms with E-state index in [1.165, 1.54) is 13.1 Å². The van der Waals surface area contributed by atoms with Crippen LogP contribution in [-0.4, -0.2) is 34.6 Å². The summed E-state index contributed by atoms with van der Waals surface area (Å²) in [4.78, 5) is 0. The van der Waals surface area contributed by atoms with E-state index in [2.05, 4.69) is 16.0 Å². The van der Waals surface area contributed by atoms with Gasteiger partial charge in [-0.3, -0.25) is 9.11 Å². The molecule has 0 unspecified atom stereocenters. The number of hydrogen-bond acceptors (Lipinski definition) is 3. The average molecular weight is 199 g/mol. The molecule has 1 rings (SSSR count). The van der Waals surface area contributed by atoms with Crippen molar-refractivity contribution in [3.63, 3.8) is 0 Å². The molecule has 0 atom stereocenters. The zero-order valence-electron chi connectivity index (χ0n) is 4.31. The monoisotopic (exact) mass is 199 g/mol. The second-order valence-electron chi connectivity index (χ2n) is 1.33. The van der Waals surface area contributed by atoms with Crippen molar-refractivity contribution in [3.8, 4) is 0 Å². The Balaban J connectivity index is 0.000000144. The Morgan fingerprint density at radius 3 is 1.44 bits per heavy atom. The topological polar surface area (TPSA) is 77.6 Å². The van der Waals surface area contributed by atoms with E-state index >= 15 is 0 Å². The minimum atomic E-state index is -4.67. The van der Waals surface area contributed by atoms with Gasteiger partial charge in [-0.05, 0) is 0 Å². The Kier molecular flexibility index (Phi) is 3.62. The number of hydrogen-bond donors (Lipinski definition) is 2. The molecule has 1 fully saturated rings. The summed E-state index contributed by atoms with van der Waals surface area (Å²) in [5, 5.41) is 0. The fourth-order valence-corrected chi connectivity index (χ4v) is 0.137. The molecule has 0 saturated carbocycles. The van der Waals surface area contributed by atoms with Crippen molar-refractivity contribution in [2.75, 3.05) is 13.1 Å². The Hall–Kier alpha value is 0.336. The van der Waals surface area contributed by atoms with Crippen molar-refractivity contribution in [2.24, 2.45) is 0 Å². The van der Waals surface area contributed by atoms with Crippen LogP contribution in [0.4, 0.5) is 0 Å². The minimum absolute atomic E-state index is 1.18. The molecule has 9 heavy (non-hydrogen) atoms. The second kappa shape index (κ2) is 3.49. The third kappa shape index (κ3) is 30.1. The maximum atomic E-state index is 8.74. The van der Waals surface area contributed by atoms with E-state index in [0.717, 1.165) is 0 Å². The van der Waals surface area contributed by atoms with Crippen molar-refractivity contribution >= 4 is 10.4 Å². The van der Waals surface area contributed by atoms with Gasteiger partial charge in [0.05, 0.1) is 0 Å². The molecular formula is C2H6CoNO4S. The first-order valence-corrected chi connectivity index (χ1v) is 3.84. The third-order valence-electron chi connectivity index (χ3n) is 0.373. The Morgan fingerprint density at radius 1 is 1.33 bits per heavy atom. The van der Waals surface area contributed by atoms with E-state index < -0.39 is 10.4 Å². The molecule has 0 radical (unpaired) electrons. The first kappa shape index (κ1) is 9.34. The SMILES string of the molecule is O=S(=O)(O)O.[Co][N]1CC1. The van der Waals surface area contributed by atoms with Crippen LogP contribution in [-0.2, 0) is 26.4 Å². The van der Waals surface area contributed by atoms with Crippen LogP contribution in [0.25, 0.3) is 0 Å². The molecule has 0 aromatic carbocycles. The van der Waals surface area contributed by atoms with Gasteiger partial charge in [-0.15, -0.1) is 0 Å². The van der Waals surface area contributed by atoms with Crippen LogP contribution in [0.2, 0.25) is 0 Å². The zero-order valence-corrected chi connectivity index (χ0v) is 6.17. The van der Waals surface area contributed by atoms with Crippen LogP contribution in [0.5, 0.6) is 0 Å². The Labute approximate surface area is 61.4 Å². The summed E-state index contributed by atoms with van der Waals surface area (Å²) in [5.74, 6) is 0. The van der Waals surface area contributed by atoms with Crippen molar-refractivity contribution in [1.29, 1.82) is 0 Å². The first-order valence-electron chi connectivity index (χ1n) is 1.98. The normalized spacial score (nSPS) is 18.2. The summed E-state index contributed by atoms with van der Waals surface area (Å²) in [6, 6.07) is 0. The van der Waals surface area contributed by atoms with Gasteiger partial charge in [0.1, 0.15) is 0 Å². The van der Waals surface area contributed by atoms with Gasteiger partial charge in [0.25, 0.3) is 0 Å². The molecule has 1 aliphatic rings. The molecule has 0 aliphatic carbocycles. The van der Waals surface area contributed by atoms with Crippen molar-refractivity contribution in [2.45, 2.75) is 0 Å². The van der Waals surface area contributed by atoms with Crippen molar-refractivity contribution in [1.82, 2.24) is 3.95 Å². The Morgan fingerprint density at radius 2 is 1.44 bits per heavy atom. The molecule has 5 nitrogen and oxygen atoms in total. The summed E-state index contributed by atoms with van der Waals surface area (Å²) in [5.41, 5.74) is 0. The van der Waals surface area contributed by atoms with E-state index in [-0.39, 0.29) is 0 Å². The molecule has 1 aliphatic heterocycles. The number of nitrogens with zero attached hydrogens (tertiary/aromatic N) is 1. The quantitative estimate of drug-likeness (QED) is 0.391. The fraction of sp³-hybridized carbons (Fsp3) is 1.00. The summed E-state index contributed by atoms with van der Waals surface area (Å²) in [6.45, 7) is 2.36. The van der Waals surface area contributed by atoms with Crippen molar-refractivity contribution in [3.05, 3.63) is 0 Å². The summed E-state index contributed by atoms with van der Waals surface area (Å²) >= 11 is 3.95. The van der Waals surface area contributed by atoms with E-state index in [1.54, 1.807) is 0 Å². The van der Waals surface area contributed by atoms with E-state index in [9.17, 15) is 0 Å². The molecule has 1 saturated heterocycles. The van der Waals surface area contributed by atoms with Crippen LogP contribution >= 0.6 is 0 Å². The molecule has 0 aromatic rings. The number of rotatable bonds is 0. The molecule has 2 N–H and O–H groups in total. The van der Waals surface area contributed by atoms with Gasteiger partial charge in [0, 0.05) is 0 Å². The summed E-state index contributed by atoms with van der Waals surface area (Å²) < 4.78 is 33.5. The molecule has 58 valence electrons. The van der Waals surface area contributed by atoms with Crippen LogP contribution in [0.1, 0.15) is 0 Å². The van der Waals surface area contributed by atoms with Gasteiger partial charge in [-0.1, -0.05) is 0 Å². The molecular weight excluding hydrogens is 193 g/mol. The van der Waals surface area contributed by atoms with E-state index in [4.69, 9.17) is 17.5 Å². The molecule has 0 spiro atoms. The van der Waals surface area contributed by atoms with Gasteiger partial charge in [0.15, 0.2) is 0 Å². The van der Waals surface area contributed by atoms with E-state index in [0.29, 0.717) is 0 Å². The van der Waals surface area contributed by atoms with Crippen LogP contribution < -0.4 is 0 Å². The van der Waals surface area contributed by atoms with Gasteiger partial charge in [0.2, 0.25) is 0 Å². The zero-order chi connectivity index (χ0) is 7.49. The average Bonchev–Trinajstić information content (AvgIpc) is 2.13. The predicted octanol–water partition coefficient (Wildman–Crippen LogP) is -0.889. The predicted molar refractivity (Wildman–Crippen MR) is 25.8 cm³/mol. The van der Waals surface area contributed by atoms with Gasteiger partial charge < -0.3 is 0 Å². The standard InChI is InChI=1S/C2H4N.Co.H2O4S/c1-2-3-1;;1-5(2,3)4/h1-2H2;;(H2,1,2,3,4)/q-1;+1;. The van der Waals surface area contributed by atoms with Gasteiger partial charge in [-0.25, -0.2) is 0 Å². The van der Waals surface area contributed by atoms with Crippen LogP contribution in [0, 0.1) is 0 Å². The van der Waals surface area contributed by atoms with Crippen LogP contribution in [0.3, 0.4) is 0 Å². The van der Waals surface area contributed by atoms with Gasteiger partial charge >= 0.3 is 43.4 Å². The molecule has 1 heterocycles. The van der Waals surface area contributed by atoms with E-state index in [1.807, 2.05) is 3.95 Å². The molecule has 7 heteroatoms. The molecule has 0 aromatic heterocycles. The van der Waals surface area contributed by atoms with Crippen LogP contribution in [0.15, 0.2) is 0 Å². The van der Waals surface area contributed by atoms with Crippen molar-refractivity contribution < 1.29 is 33.5 Å². The second-order valence-corrected chi connectivity index (χ2v) is 2.88. The maximum absolute atomic E-state index is 8.74. The molecule has 0 amide bonds. The fourth-order valence-electron chi connectivity index (χ4n) is 0.0333. The third-order valence-corrected chi connectivity index (χ3v) is 0.838. The Bertz CT molecular complexity index is 153. The summed E-state index contributed by atoms with van der Waals surface area (Å²) in [7, 11) is -4.67. The summed E-state index contributed by atoms with van der Waals surface area (Å²) in [6.07, 6.45) is 0.